The van der Waals surface area contributed by atoms with E-state index in [1.165, 1.54) is 19.3 Å². The minimum absolute atomic E-state index is 0.166. The van der Waals surface area contributed by atoms with Gasteiger partial charge in [-0.15, -0.1) is 0 Å². The molecule has 3 amide bonds. The molecule has 4 nitrogen and oxygen atoms in total. The van der Waals surface area contributed by atoms with Gasteiger partial charge in [-0.3, -0.25) is 10.1 Å². The number of hydrogen-bond acceptors (Lipinski definition) is 2. The largest absolute Gasteiger partial charge is 0.324 e. The quantitative estimate of drug-likeness (QED) is 0.669. The van der Waals surface area contributed by atoms with Gasteiger partial charge in [-0.2, -0.15) is 0 Å². The van der Waals surface area contributed by atoms with Gasteiger partial charge in [-0.1, -0.05) is 19.8 Å². The second-order valence-electron chi connectivity index (χ2n) is 4.40. The molecule has 1 aliphatic carbocycles. The van der Waals surface area contributed by atoms with E-state index in [2.05, 4.69) is 12.2 Å². The zero-order chi connectivity index (χ0) is 10.1. The summed E-state index contributed by atoms with van der Waals surface area (Å²) in [7, 11) is 0. The Balaban J connectivity index is 1.91. The summed E-state index contributed by atoms with van der Waals surface area (Å²) in [6.07, 6.45) is 3.71. The molecule has 1 saturated heterocycles. The zero-order valence-electron chi connectivity index (χ0n) is 8.45. The van der Waals surface area contributed by atoms with Gasteiger partial charge < -0.3 is 4.90 Å². The molecule has 14 heavy (non-hydrogen) atoms. The molecule has 78 valence electrons. The third-order valence-corrected chi connectivity index (χ3v) is 3.36. The van der Waals surface area contributed by atoms with Crippen LogP contribution in [0.1, 0.15) is 26.2 Å². The molecule has 2 aliphatic rings. The lowest BCUT2D eigenvalue weighted by molar-refractivity contribution is -0.118. The van der Waals surface area contributed by atoms with E-state index < -0.39 is 0 Å². The molecule has 2 atom stereocenters. The molecule has 0 spiro atoms. The van der Waals surface area contributed by atoms with Gasteiger partial charge in [-0.05, 0) is 18.3 Å². The summed E-state index contributed by atoms with van der Waals surface area (Å²) in [5.74, 6) is 1.12. The molecule has 0 radical (unpaired) electrons. The maximum absolute atomic E-state index is 11.3. The highest BCUT2D eigenvalue weighted by Gasteiger charge is 2.32. The number of nitrogens with zero attached hydrogens (tertiary/aromatic N) is 1. The van der Waals surface area contributed by atoms with Crippen molar-refractivity contribution in [3.05, 3.63) is 0 Å². The summed E-state index contributed by atoms with van der Waals surface area (Å²) in [5, 5.41) is 2.30. The van der Waals surface area contributed by atoms with Crippen molar-refractivity contribution < 1.29 is 9.59 Å². The van der Waals surface area contributed by atoms with Crippen molar-refractivity contribution in [2.24, 2.45) is 11.8 Å². The van der Waals surface area contributed by atoms with E-state index in [0.717, 1.165) is 6.54 Å². The van der Waals surface area contributed by atoms with Gasteiger partial charge in [0.25, 0.3) is 0 Å². The number of imide groups is 1. The average molecular weight is 196 g/mol. The predicted octanol–water partition coefficient (Wildman–Crippen LogP) is 0.974. The fraction of sp³-hybridized carbons (Fsp3) is 0.800. The predicted molar refractivity (Wildman–Crippen MR) is 51.6 cm³/mol. The lowest BCUT2D eigenvalue weighted by Gasteiger charge is -2.21. The second kappa shape index (κ2) is 3.59. The Bertz CT molecular complexity index is 265. The fourth-order valence-electron chi connectivity index (χ4n) is 2.41. The van der Waals surface area contributed by atoms with E-state index in [0.29, 0.717) is 11.8 Å². The van der Waals surface area contributed by atoms with E-state index in [4.69, 9.17) is 0 Å². The first kappa shape index (κ1) is 9.49. The van der Waals surface area contributed by atoms with E-state index in [1.807, 2.05) is 0 Å². The standard InChI is InChI=1S/C10H16N2O2/c1-7-3-2-4-8(7)5-12-6-9(13)11-10(12)14/h7-8H,2-6H2,1H3,(H,11,13,14). The molecule has 0 aromatic heterocycles. The van der Waals surface area contributed by atoms with Crippen LogP contribution in [-0.4, -0.2) is 29.9 Å². The normalized spacial score (nSPS) is 32.5. The molecule has 2 fully saturated rings. The number of amides is 3. The van der Waals surface area contributed by atoms with E-state index in [-0.39, 0.29) is 18.5 Å². The molecule has 0 bridgehead atoms. The monoisotopic (exact) mass is 196 g/mol. The van der Waals surface area contributed by atoms with Crippen LogP contribution in [0.2, 0.25) is 0 Å². The molecule has 2 rings (SSSR count). The van der Waals surface area contributed by atoms with Crippen LogP contribution >= 0.6 is 0 Å². The van der Waals surface area contributed by atoms with Gasteiger partial charge in [0.2, 0.25) is 5.91 Å². The van der Waals surface area contributed by atoms with Crippen LogP contribution in [-0.2, 0) is 4.79 Å². The van der Waals surface area contributed by atoms with Gasteiger partial charge in [0.1, 0.15) is 6.54 Å². The lowest BCUT2D eigenvalue weighted by Crippen LogP contribution is -2.33. The van der Waals surface area contributed by atoms with Crippen LogP contribution < -0.4 is 5.32 Å². The SMILES string of the molecule is CC1CCCC1CN1CC(=O)NC1=O. The summed E-state index contributed by atoms with van der Waals surface area (Å²) in [5.41, 5.74) is 0. The Labute approximate surface area is 83.6 Å². The lowest BCUT2D eigenvalue weighted by atomic mass is 9.98. The summed E-state index contributed by atoms with van der Waals surface area (Å²) in [4.78, 5) is 23.9. The van der Waals surface area contributed by atoms with Crippen LogP contribution in [0, 0.1) is 11.8 Å². The Hall–Kier alpha value is -1.06. The number of hydrogen-bond donors (Lipinski definition) is 1. The Morgan fingerprint density at radius 2 is 2.21 bits per heavy atom. The van der Waals surface area contributed by atoms with Crippen LogP contribution in [0.3, 0.4) is 0 Å². The first-order valence-corrected chi connectivity index (χ1v) is 5.25. The highest BCUT2D eigenvalue weighted by Crippen LogP contribution is 2.31. The molecule has 1 aliphatic heterocycles. The number of carbonyl (C=O) groups excluding carboxylic acids is 2. The third kappa shape index (κ3) is 1.74. The summed E-state index contributed by atoms with van der Waals surface area (Å²) in [6, 6.07) is -0.214. The Morgan fingerprint density at radius 3 is 2.71 bits per heavy atom. The van der Waals surface area contributed by atoms with Crippen molar-refractivity contribution in [3.63, 3.8) is 0 Å². The van der Waals surface area contributed by atoms with E-state index in [9.17, 15) is 9.59 Å². The molecule has 4 heteroatoms. The molecule has 1 saturated carbocycles. The van der Waals surface area contributed by atoms with Crippen LogP contribution in [0.5, 0.6) is 0 Å². The van der Waals surface area contributed by atoms with Crippen LogP contribution in [0.25, 0.3) is 0 Å². The van der Waals surface area contributed by atoms with Crippen molar-refractivity contribution in [1.29, 1.82) is 0 Å². The summed E-state index contributed by atoms with van der Waals surface area (Å²) in [6.45, 7) is 3.23. The van der Waals surface area contributed by atoms with Crippen molar-refractivity contribution in [2.75, 3.05) is 13.1 Å². The average Bonchev–Trinajstić information content (AvgIpc) is 2.62. The summed E-state index contributed by atoms with van der Waals surface area (Å²) >= 11 is 0. The van der Waals surface area contributed by atoms with Crippen molar-refractivity contribution in [1.82, 2.24) is 10.2 Å². The molecular weight excluding hydrogens is 180 g/mol. The van der Waals surface area contributed by atoms with Crippen LogP contribution in [0.15, 0.2) is 0 Å². The zero-order valence-corrected chi connectivity index (χ0v) is 8.45. The Kier molecular flexibility index (Phi) is 2.44. The molecule has 1 N–H and O–H groups in total. The summed E-state index contributed by atoms with van der Waals surface area (Å²) < 4.78 is 0. The van der Waals surface area contributed by atoms with Gasteiger partial charge in [0.15, 0.2) is 0 Å². The molecule has 1 heterocycles. The maximum Gasteiger partial charge on any atom is 0.324 e. The smallest absolute Gasteiger partial charge is 0.315 e. The number of rotatable bonds is 2. The highest BCUT2D eigenvalue weighted by atomic mass is 16.2. The minimum Gasteiger partial charge on any atom is -0.315 e. The molecule has 0 aromatic rings. The van der Waals surface area contributed by atoms with Crippen LogP contribution in [0.4, 0.5) is 4.79 Å². The molecule has 0 aromatic carbocycles. The van der Waals surface area contributed by atoms with Gasteiger partial charge in [-0.25, -0.2) is 4.79 Å². The number of nitrogens with one attached hydrogen (secondary N) is 1. The number of urea groups is 1. The highest BCUT2D eigenvalue weighted by molar-refractivity contribution is 6.01. The molecule has 2 unspecified atom stereocenters. The van der Waals surface area contributed by atoms with Crippen molar-refractivity contribution >= 4 is 11.9 Å². The van der Waals surface area contributed by atoms with E-state index in [1.54, 1.807) is 4.90 Å². The second-order valence-corrected chi connectivity index (χ2v) is 4.40. The van der Waals surface area contributed by atoms with Gasteiger partial charge in [0, 0.05) is 6.54 Å². The van der Waals surface area contributed by atoms with Crippen molar-refractivity contribution in [2.45, 2.75) is 26.2 Å². The van der Waals surface area contributed by atoms with Gasteiger partial charge >= 0.3 is 6.03 Å². The topological polar surface area (TPSA) is 49.4 Å². The molecular formula is C10H16N2O2. The minimum atomic E-state index is -0.214. The maximum atomic E-state index is 11.3. The first-order chi connectivity index (χ1) is 6.66. The van der Waals surface area contributed by atoms with Crippen molar-refractivity contribution in [3.8, 4) is 0 Å². The number of carbonyl (C=O) groups is 2. The van der Waals surface area contributed by atoms with Gasteiger partial charge in [0.05, 0.1) is 0 Å². The van der Waals surface area contributed by atoms with E-state index >= 15 is 0 Å². The fourth-order valence-corrected chi connectivity index (χ4v) is 2.41. The first-order valence-electron chi connectivity index (χ1n) is 5.25. The third-order valence-electron chi connectivity index (χ3n) is 3.36. The Morgan fingerprint density at radius 1 is 1.43 bits per heavy atom.